The van der Waals surface area contributed by atoms with Gasteiger partial charge in [-0.25, -0.2) is 0 Å². The fraction of sp³-hybridized carbons (Fsp3) is 0.533. The molecule has 0 saturated heterocycles. The van der Waals surface area contributed by atoms with Crippen LogP contribution in [0.4, 0.5) is 0 Å². The average molecular weight is 248 g/mol. The summed E-state index contributed by atoms with van der Waals surface area (Å²) in [5.41, 5.74) is 6.79. The fourth-order valence-corrected chi connectivity index (χ4v) is 2.18. The highest BCUT2D eigenvalue weighted by Gasteiger charge is 2.23. The molecule has 0 radical (unpaired) electrons. The van der Waals surface area contributed by atoms with Crippen LogP contribution in [0.2, 0.25) is 0 Å². The number of carbonyl (C=O) groups is 1. The van der Waals surface area contributed by atoms with Crippen LogP contribution in [0.25, 0.3) is 0 Å². The lowest BCUT2D eigenvalue weighted by Crippen LogP contribution is -2.42. The van der Waals surface area contributed by atoms with Gasteiger partial charge in [0.1, 0.15) is 0 Å². The Morgan fingerprint density at radius 2 is 1.78 bits per heavy atom. The largest absolute Gasteiger partial charge is 0.348 e. The normalized spacial score (nSPS) is 14.3. The molecule has 3 heteroatoms. The molecule has 100 valence electrons. The van der Waals surface area contributed by atoms with Crippen molar-refractivity contribution in [3.05, 3.63) is 35.9 Å². The molecule has 1 amide bonds. The molecule has 1 unspecified atom stereocenters. The Balaban J connectivity index is 2.92. The molecule has 18 heavy (non-hydrogen) atoms. The number of carbonyl (C=O) groups excluding carboxylic acids is 1. The first kappa shape index (κ1) is 14.7. The van der Waals surface area contributed by atoms with Gasteiger partial charge in [0.15, 0.2) is 0 Å². The Bertz CT molecular complexity index is 358. The van der Waals surface area contributed by atoms with Gasteiger partial charge in [-0.3, -0.25) is 4.79 Å². The van der Waals surface area contributed by atoms with E-state index in [4.69, 9.17) is 5.73 Å². The summed E-state index contributed by atoms with van der Waals surface area (Å²) in [5, 5.41) is 3.07. The minimum absolute atomic E-state index is 0.0553. The minimum atomic E-state index is -0.467. The van der Waals surface area contributed by atoms with Crippen molar-refractivity contribution in [2.45, 2.75) is 45.7 Å². The van der Waals surface area contributed by atoms with E-state index in [-0.39, 0.29) is 11.9 Å². The Morgan fingerprint density at radius 3 is 2.22 bits per heavy atom. The van der Waals surface area contributed by atoms with Crippen molar-refractivity contribution in [1.82, 2.24) is 5.32 Å². The quantitative estimate of drug-likeness (QED) is 0.813. The molecule has 3 N–H and O–H groups in total. The summed E-state index contributed by atoms with van der Waals surface area (Å²) in [5.74, 6) is 0.353. The van der Waals surface area contributed by atoms with Crippen molar-refractivity contribution < 1.29 is 4.79 Å². The lowest BCUT2D eigenvalue weighted by atomic mass is 9.88. The second kappa shape index (κ2) is 7.17. The highest BCUT2D eigenvalue weighted by Crippen LogP contribution is 2.27. The van der Waals surface area contributed by atoms with Gasteiger partial charge in [-0.2, -0.15) is 0 Å². The van der Waals surface area contributed by atoms with Gasteiger partial charge >= 0.3 is 0 Å². The fourth-order valence-electron chi connectivity index (χ4n) is 2.18. The van der Waals surface area contributed by atoms with E-state index in [1.165, 1.54) is 0 Å². The smallest absolute Gasteiger partial charge is 0.237 e. The summed E-state index contributed by atoms with van der Waals surface area (Å²) in [7, 11) is 0. The van der Waals surface area contributed by atoms with E-state index in [9.17, 15) is 4.79 Å². The van der Waals surface area contributed by atoms with Crippen molar-refractivity contribution in [2.24, 2.45) is 11.7 Å². The number of hydrogen-bond acceptors (Lipinski definition) is 2. The van der Waals surface area contributed by atoms with Crippen molar-refractivity contribution >= 4 is 5.91 Å². The maximum absolute atomic E-state index is 11.8. The summed E-state index contributed by atoms with van der Waals surface area (Å²) < 4.78 is 0. The maximum Gasteiger partial charge on any atom is 0.237 e. The predicted molar refractivity (Wildman–Crippen MR) is 75.0 cm³/mol. The SMILES string of the molecule is CCC(CC)C(NC(=O)[C@@H](C)N)c1ccccc1. The summed E-state index contributed by atoms with van der Waals surface area (Å²) >= 11 is 0. The van der Waals surface area contributed by atoms with E-state index in [0.717, 1.165) is 18.4 Å². The van der Waals surface area contributed by atoms with Crippen LogP contribution in [0.1, 0.15) is 45.2 Å². The Kier molecular flexibility index (Phi) is 5.86. The van der Waals surface area contributed by atoms with E-state index < -0.39 is 6.04 Å². The van der Waals surface area contributed by atoms with Gasteiger partial charge in [0.25, 0.3) is 0 Å². The van der Waals surface area contributed by atoms with Crippen LogP contribution in [-0.4, -0.2) is 11.9 Å². The molecule has 0 aliphatic carbocycles. The van der Waals surface area contributed by atoms with E-state index in [2.05, 4.69) is 31.3 Å². The third kappa shape index (κ3) is 3.84. The standard InChI is InChI=1S/C15H24N2O/c1-4-12(5-2)14(17-15(18)11(3)16)13-9-7-6-8-10-13/h6-12,14H,4-5,16H2,1-3H3,(H,17,18)/t11-,14?/m1/s1. The molecule has 2 atom stereocenters. The summed E-state index contributed by atoms with van der Waals surface area (Å²) in [6.45, 7) is 6.02. The number of rotatable bonds is 6. The summed E-state index contributed by atoms with van der Waals surface area (Å²) in [4.78, 5) is 11.8. The first-order chi connectivity index (χ1) is 8.60. The van der Waals surface area contributed by atoms with E-state index in [1.54, 1.807) is 6.92 Å². The molecular weight excluding hydrogens is 224 g/mol. The van der Waals surface area contributed by atoms with Gasteiger partial charge in [0.2, 0.25) is 5.91 Å². The zero-order valence-corrected chi connectivity index (χ0v) is 11.5. The van der Waals surface area contributed by atoms with Crippen LogP contribution < -0.4 is 11.1 Å². The topological polar surface area (TPSA) is 55.1 Å². The second-order valence-electron chi connectivity index (χ2n) is 4.76. The van der Waals surface area contributed by atoms with Crippen LogP contribution in [0, 0.1) is 5.92 Å². The lowest BCUT2D eigenvalue weighted by Gasteiger charge is -2.27. The monoisotopic (exact) mass is 248 g/mol. The zero-order valence-electron chi connectivity index (χ0n) is 11.5. The minimum Gasteiger partial charge on any atom is -0.348 e. The van der Waals surface area contributed by atoms with E-state index in [1.807, 2.05) is 18.2 Å². The predicted octanol–water partition coefficient (Wildman–Crippen LogP) is 2.63. The zero-order chi connectivity index (χ0) is 13.5. The molecule has 1 aromatic rings. The molecule has 0 aliphatic heterocycles. The van der Waals surface area contributed by atoms with Crippen molar-refractivity contribution in [2.75, 3.05) is 0 Å². The number of nitrogens with two attached hydrogens (primary N) is 1. The van der Waals surface area contributed by atoms with Crippen LogP contribution in [0.3, 0.4) is 0 Å². The van der Waals surface area contributed by atoms with Crippen LogP contribution >= 0.6 is 0 Å². The number of nitrogens with one attached hydrogen (secondary N) is 1. The molecule has 3 nitrogen and oxygen atoms in total. The van der Waals surface area contributed by atoms with Crippen molar-refractivity contribution in [3.8, 4) is 0 Å². The third-order valence-electron chi connectivity index (χ3n) is 3.39. The third-order valence-corrected chi connectivity index (χ3v) is 3.39. The van der Waals surface area contributed by atoms with Gasteiger partial charge in [-0.05, 0) is 18.4 Å². The Hall–Kier alpha value is -1.35. The molecule has 0 bridgehead atoms. The lowest BCUT2D eigenvalue weighted by molar-refractivity contribution is -0.123. The first-order valence-electron chi connectivity index (χ1n) is 6.71. The van der Waals surface area contributed by atoms with E-state index in [0.29, 0.717) is 5.92 Å². The molecule has 0 fully saturated rings. The highest BCUT2D eigenvalue weighted by atomic mass is 16.2. The molecule has 0 saturated carbocycles. The molecule has 0 aliphatic rings. The van der Waals surface area contributed by atoms with Gasteiger partial charge in [0, 0.05) is 0 Å². The molecule has 1 aromatic carbocycles. The van der Waals surface area contributed by atoms with Crippen LogP contribution in [0.5, 0.6) is 0 Å². The number of amides is 1. The number of benzene rings is 1. The van der Waals surface area contributed by atoms with E-state index >= 15 is 0 Å². The first-order valence-corrected chi connectivity index (χ1v) is 6.71. The average Bonchev–Trinajstić information content (AvgIpc) is 2.39. The second-order valence-corrected chi connectivity index (χ2v) is 4.76. The van der Waals surface area contributed by atoms with Gasteiger partial charge in [-0.1, -0.05) is 57.0 Å². The number of hydrogen-bond donors (Lipinski definition) is 2. The van der Waals surface area contributed by atoms with Crippen molar-refractivity contribution in [1.29, 1.82) is 0 Å². The summed E-state index contributed by atoms with van der Waals surface area (Å²) in [6.07, 6.45) is 2.07. The Labute approximate surface area is 110 Å². The molecule has 0 aromatic heterocycles. The molecule has 1 rings (SSSR count). The van der Waals surface area contributed by atoms with Gasteiger partial charge in [-0.15, -0.1) is 0 Å². The summed E-state index contributed by atoms with van der Waals surface area (Å²) in [6, 6.07) is 9.70. The molecular formula is C15H24N2O. The maximum atomic E-state index is 11.8. The Morgan fingerprint density at radius 1 is 1.22 bits per heavy atom. The molecule has 0 heterocycles. The van der Waals surface area contributed by atoms with Crippen LogP contribution in [0.15, 0.2) is 30.3 Å². The van der Waals surface area contributed by atoms with Crippen LogP contribution in [-0.2, 0) is 4.79 Å². The van der Waals surface area contributed by atoms with Gasteiger partial charge in [0.05, 0.1) is 12.1 Å². The van der Waals surface area contributed by atoms with Crippen molar-refractivity contribution in [3.63, 3.8) is 0 Å². The highest BCUT2D eigenvalue weighted by molar-refractivity contribution is 5.81. The van der Waals surface area contributed by atoms with Gasteiger partial charge < -0.3 is 11.1 Å². The molecule has 0 spiro atoms.